The average molecular weight is 491 g/mol. The van der Waals surface area contributed by atoms with Crippen LogP contribution in [0.25, 0.3) is 0 Å². The molecule has 0 unspecified atom stereocenters. The third-order valence-electron chi connectivity index (χ3n) is 6.12. The van der Waals surface area contributed by atoms with Crippen molar-refractivity contribution in [1.82, 2.24) is 0 Å². The Bertz CT molecular complexity index is 723. The van der Waals surface area contributed by atoms with Gasteiger partial charge < -0.3 is 22.2 Å². The Kier molecular flexibility index (Phi) is 10.5. The SMILES string of the molecule is CC(C)c1cccc(C(C)C)c1N1[CH-]N(c2c(C(C)C)cccc2C(C)C)CC1.[Cl-].[Cu+2]. The second-order valence-electron chi connectivity index (χ2n) is 9.69. The van der Waals surface area contributed by atoms with Crippen molar-refractivity contribution in [2.24, 2.45) is 0 Å². The van der Waals surface area contributed by atoms with E-state index in [4.69, 9.17) is 0 Å². The Labute approximate surface area is 207 Å². The molecule has 0 aromatic heterocycles. The molecule has 2 aromatic carbocycles. The summed E-state index contributed by atoms with van der Waals surface area (Å²) in [6.45, 7) is 22.9. The number of rotatable bonds is 6. The van der Waals surface area contributed by atoms with E-state index < -0.39 is 0 Å². The first-order chi connectivity index (χ1) is 13.7. The fraction of sp³-hybridized carbons (Fsp3) is 0.519. The topological polar surface area (TPSA) is 6.48 Å². The molecule has 1 fully saturated rings. The maximum atomic E-state index is 2.51. The quantitative estimate of drug-likeness (QED) is 0.431. The summed E-state index contributed by atoms with van der Waals surface area (Å²) in [5.74, 6) is 2.06. The van der Waals surface area contributed by atoms with Gasteiger partial charge in [-0.1, -0.05) is 91.8 Å². The first-order valence-electron chi connectivity index (χ1n) is 11.4. The molecule has 4 heteroatoms. The van der Waals surface area contributed by atoms with Crippen LogP contribution in [-0.2, 0) is 17.1 Å². The molecule has 1 heterocycles. The van der Waals surface area contributed by atoms with Crippen LogP contribution in [0.3, 0.4) is 0 Å². The number of hydrogen-bond donors (Lipinski definition) is 0. The Morgan fingerprint density at radius 2 is 0.839 bits per heavy atom. The molecule has 2 aromatic rings. The predicted octanol–water partition coefficient (Wildman–Crippen LogP) is 4.63. The standard InChI is InChI=1S/C27H39N2.ClH.Cu/c1-18(2)22-11-9-12-23(19(3)4)26(22)28-15-16-29(17-28)27-24(20(5)6)13-10-14-25(27)21(7)8;;/h9-14,17-21H,15-16H2,1-8H3;1H;/q-1;;+2/p-1. The summed E-state index contributed by atoms with van der Waals surface area (Å²) in [4.78, 5) is 5.01. The van der Waals surface area contributed by atoms with Crippen molar-refractivity contribution < 1.29 is 29.5 Å². The number of nitrogens with zero attached hydrogens (tertiary/aromatic N) is 2. The molecule has 1 radical (unpaired) electrons. The zero-order valence-electron chi connectivity index (χ0n) is 20.3. The van der Waals surface area contributed by atoms with Crippen molar-refractivity contribution in [3.63, 3.8) is 0 Å². The summed E-state index contributed by atoms with van der Waals surface area (Å²) in [6.07, 6.45) is 0. The smallest absolute Gasteiger partial charge is 1.00 e. The van der Waals surface area contributed by atoms with Crippen molar-refractivity contribution in [3.05, 3.63) is 65.3 Å². The maximum Gasteiger partial charge on any atom is 2.00 e. The van der Waals surface area contributed by atoms with Crippen LogP contribution in [-0.4, -0.2) is 13.1 Å². The van der Waals surface area contributed by atoms with Crippen molar-refractivity contribution in [1.29, 1.82) is 0 Å². The molecule has 0 N–H and O–H groups in total. The molecule has 0 spiro atoms. The van der Waals surface area contributed by atoms with Gasteiger partial charge in [-0.25, -0.2) is 0 Å². The van der Waals surface area contributed by atoms with E-state index in [9.17, 15) is 0 Å². The zero-order chi connectivity index (χ0) is 21.3. The Hall–Kier alpha value is -1.15. The summed E-state index contributed by atoms with van der Waals surface area (Å²) in [5, 5.41) is 0. The van der Waals surface area contributed by atoms with E-state index in [0.29, 0.717) is 23.7 Å². The Morgan fingerprint density at radius 3 is 1.06 bits per heavy atom. The number of halogens is 1. The summed E-state index contributed by atoms with van der Waals surface area (Å²) in [7, 11) is 0. The van der Waals surface area contributed by atoms with E-state index in [-0.39, 0.29) is 29.5 Å². The van der Waals surface area contributed by atoms with Crippen LogP contribution in [0.4, 0.5) is 11.4 Å². The van der Waals surface area contributed by atoms with E-state index in [0.717, 1.165) is 13.1 Å². The van der Waals surface area contributed by atoms with Gasteiger partial charge in [-0.2, -0.15) is 6.67 Å². The predicted molar refractivity (Wildman–Crippen MR) is 128 cm³/mol. The van der Waals surface area contributed by atoms with Crippen molar-refractivity contribution in [2.75, 3.05) is 22.9 Å². The van der Waals surface area contributed by atoms with Gasteiger partial charge in [0.25, 0.3) is 0 Å². The van der Waals surface area contributed by atoms with Crippen LogP contribution >= 0.6 is 0 Å². The molecule has 0 amide bonds. The third kappa shape index (κ3) is 5.81. The van der Waals surface area contributed by atoms with Crippen LogP contribution in [0.15, 0.2) is 36.4 Å². The van der Waals surface area contributed by atoms with Crippen LogP contribution in [0, 0.1) is 6.67 Å². The first kappa shape index (κ1) is 27.9. The van der Waals surface area contributed by atoms with Crippen LogP contribution in [0.1, 0.15) is 101 Å². The second kappa shape index (κ2) is 11.6. The number of hydrogen-bond acceptors (Lipinski definition) is 2. The van der Waals surface area contributed by atoms with Gasteiger partial charge in [-0.3, -0.25) is 0 Å². The number of benzene rings is 2. The minimum absolute atomic E-state index is 0. The molecule has 31 heavy (non-hydrogen) atoms. The van der Waals surface area contributed by atoms with E-state index in [1.54, 1.807) is 0 Å². The first-order valence-corrected chi connectivity index (χ1v) is 11.4. The summed E-state index contributed by atoms with van der Waals surface area (Å²) >= 11 is 0. The molecule has 0 aliphatic carbocycles. The maximum absolute atomic E-state index is 2.51. The van der Waals surface area contributed by atoms with Gasteiger partial charge in [0.2, 0.25) is 0 Å². The molecule has 1 saturated heterocycles. The Morgan fingerprint density at radius 1 is 0.581 bits per heavy atom. The fourth-order valence-corrected chi connectivity index (χ4v) is 4.53. The monoisotopic (exact) mass is 489 g/mol. The van der Waals surface area contributed by atoms with Gasteiger partial charge in [0.15, 0.2) is 0 Å². The van der Waals surface area contributed by atoms with Crippen LogP contribution < -0.4 is 22.2 Å². The van der Waals surface area contributed by atoms with Gasteiger partial charge >= 0.3 is 17.1 Å². The molecule has 0 saturated carbocycles. The minimum Gasteiger partial charge on any atom is -1.00 e. The van der Waals surface area contributed by atoms with E-state index >= 15 is 0 Å². The van der Waals surface area contributed by atoms with E-state index in [2.05, 4.69) is 108 Å². The Balaban J connectivity index is 0.00000240. The van der Waals surface area contributed by atoms with Crippen LogP contribution in [0.2, 0.25) is 0 Å². The largest absolute Gasteiger partial charge is 2.00 e. The molecule has 3 rings (SSSR count). The number of anilines is 2. The summed E-state index contributed by atoms with van der Waals surface area (Å²) < 4.78 is 0. The average Bonchev–Trinajstić information content (AvgIpc) is 3.15. The minimum atomic E-state index is 0. The molecule has 175 valence electrons. The van der Waals surface area contributed by atoms with Gasteiger partial charge in [0.1, 0.15) is 0 Å². The van der Waals surface area contributed by atoms with Crippen molar-refractivity contribution in [3.8, 4) is 0 Å². The van der Waals surface area contributed by atoms with Gasteiger partial charge in [0.05, 0.1) is 0 Å². The molecule has 0 bridgehead atoms. The number of para-hydroxylation sites is 2. The van der Waals surface area contributed by atoms with Crippen molar-refractivity contribution in [2.45, 2.75) is 79.1 Å². The van der Waals surface area contributed by atoms with Gasteiger partial charge in [0, 0.05) is 24.5 Å². The summed E-state index contributed by atoms with van der Waals surface area (Å²) in [6, 6.07) is 13.7. The van der Waals surface area contributed by atoms with E-state index in [1.165, 1.54) is 33.6 Å². The molecular formula is C27H39ClCuN2. The zero-order valence-corrected chi connectivity index (χ0v) is 22.0. The van der Waals surface area contributed by atoms with E-state index in [1.807, 2.05) is 0 Å². The normalized spacial score (nSPS) is 13.9. The van der Waals surface area contributed by atoms with Gasteiger partial charge in [-0.15, -0.1) is 0 Å². The van der Waals surface area contributed by atoms with Gasteiger partial charge in [-0.05, 0) is 45.9 Å². The van der Waals surface area contributed by atoms with Crippen molar-refractivity contribution >= 4 is 11.4 Å². The van der Waals surface area contributed by atoms with Crippen LogP contribution in [0.5, 0.6) is 0 Å². The fourth-order valence-electron chi connectivity index (χ4n) is 4.53. The second-order valence-corrected chi connectivity index (χ2v) is 9.69. The molecule has 2 nitrogen and oxygen atoms in total. The molecular weight excluding hydrogens is 451 g/mol. The molecule has 1 aliphatic rings. The summed E-state index contributed by atoms with van der Waals surface area (Å²) in [5.41, 5.74) is 8.67. The third-order valence-corrected chi connectivity index (χ3v) is 6.12. The molecule has 1 aliphatic heterocycles. The molecule has 0 atom stereocenters.